The lowest BCUT2D eigenvalue weighted by Crippen LogP contribution is -2.31. The van der Waals surface area contributed by atoms with E-state index in [1.54, 1.807) is 0 Å². The summed E-state index contributed by atoms with van der Waals surface area (Å²) in [6, 6.07) is 13.4. The van der Waals surface area contributed by atoms with Crippen LogP contribution >= 0.6 is 0 Å². The third kappa shape index (κ3) is 2.80. The zero-order valence-electron chi connectivity index (χ0n) is 13.5. The summed E-state index contributed by atoms with van der Waals surface area (Å²) in [5.74, 6) is 0.393. The second-order valence-corrected chi connectivity index (χ2v) is 6.08. The zero-order chi connectivity index (χ0) is 17.4. The number of amides is 3. The molecule has 0 unspecified atom stereocenters. The van der Waals surface area contributed by atoms with Crippen molar-refractivity contribution in [3.63, 3.8) is 0 Å². The number of aromatic nitrogens is 2. The quantitative estimate of drug-likeness (QED) is 0.683. The number of urea groups is 1. The minimum absolute atomic E-state index is 0.139. The molecule has 1 aromatic heterocycles. The number of carbonyl (C=O) groups is 2. The van der Waals surface area contributed by atoms with E-state index in [-0.39, 0.29) is 12.3 Å². The third-order valence-corrected chi connectivity index (χ3v) is 4.45. The predicted molar refractivity (Wildman–Crippen MR) is 93.7 cm³/mol. The summed E-state index contributed by atoms with van der Waals surface area (Å²) < 4.78 is 0. The molecular weight excluding hydrogens is 318 g/mol. The first-order valence-corrected chi connectivity index (χ1v) is 7.99. The molecule has 7 nitrogen and oxygen atoms in total. The molecule has 25 heavy (non-hydrogen) atoms. The first-order valence-electron chi connectivity index (χ1n) is 7.99. The van der Waals surface area contributed by atoms with E-state index in [4.69, 9.17) is 5.73 Å². The van der Waals surface area contributed by atoms with Gasteiger partial charge in [-0.1, -0.05) is 42.5 Å². The van der Waals surface area contributed by atoms with Crippen LogP contribution in [0.3, 0.4) is 0 Å². The fourth-order valence-corrected chi connectivity index (χ4v) is 3.19. The molecule has 0 fully saturated rings. The van der Waals surface area contributed by atoms with Crippen molar-refractivity contribution in [2.75, 3.05) is 5.32 Å². The molecule has 0 saturated heterocycles. The Kier molecular flexibility index (Phi) is 3.61. The highest BCUT2D eigenvalue weighted by molar-refractivity contribution is 5.96. The van der Waals surface area contributed by atoms with Crippen molar-refractivity contribution >= 4 is 28.5 Å². The average molecular weight is 335 g/mol. The zero-order valence-corrected chi connectivity index (χ0v) is 13.5. The predicted octanol–water partition coefficient (Wildman–Crippen LogP) is 2.14. The first-order chi connectivity index (χ1) is 12.1. The second kappa shape index (κ2) is 5.94. The Balaban J connectivity index is 1.52. The van der Waals surface area contributed by atoms with Gasteiger partial charge in [-0.3, -0.25) is 9.89 Å². The number of hydrogen-bond donors (Lipinski definition) is 3. The molecule has 0 bridgehead atoms. The van der Waals surface area contributed by atoms with E-state index in [9.17, 15) is 9.59 Å². The smallest absolute Gasteiger partial charge is 0.315 e. The highest BCUT2D eigenvalue weighted by atomic mass is 16.2. The summed E-state index contributed by atoms with van der Waals surface area (Å²) in [5.41, 5.74) is 7.81. The number of anilines is 1. The van der Waals surface area contributed by atoms with Crippen molar-refractivity contribution in [3.05, 3.63) is 59.3 Å². The van der Waals surface area contributed by atoms with E-state index >= 15 is 0 Å². The van der Waals surface area contributed by atoms with Crippen LogP contribution in [-0.2, 0) is 24.3 Å². The number of carbonyl (C=O) groups excluding carboxylic acids is 2. The summed E-state index contributed by atoms with van der Waals surface area (Å²) in [6.45, 7) is 0.714. The van der Waals surface area contributed by atoms with Crippen LogP contribution in [-0.4, -0.2) is 27.0 Å². The van der Waals surface area contributed by atoms with Crippen LogP contribution in [0.2, 0.25) is 0 Å². The molecule has 0 atom stereocenters. The van der Waals surface area contributed by atoms with Crippen molar-refractivity contribution in [2.45, 2.75) is 19.5 Å². The number of aromatic amines is 1. The lowest BCUT2D eigenvalue weighted by Gasteiger charge is -2.12. The van der Waals surface area contributed by atoms with Crippen molar-refractivity contribution in [1.82, 2.24) is 15.1 Å². The van der Waals surface area contributed by atoms with E-state index < -0.39 is 6.03 Å². The van der Waals surface area contributed by atoms with Gasteiger partial charge in [-0.15, -0.1) is 0 Å². The van der Waals surface area contributed by atoms with Gasteiger partial charge >= 0.3 is 6.03 Å². The molecule has 4 rings (SSSR count). The molecule has 0 saturated carbocycles. The summed E-state index contributed by atoms with van der Waals surface area (Å²) >= 11 is 0. The van der Waals surface area contributed by atoms with Gasteiger partial charge in [0.25, 0.3) is 0 Å². The van der Waals surface area contributed by atoms with Crippen LogP contribution in [0, 0.1) is 0 Å². The van der Waals surface area contributed by atoms with Gasteiger partial charge in [0.15, 0.2) is 0 Å². The van der Waals surface area contributed by atoms with Gasteiger partial charge < -0.3 is 16.0 Å². The molecule has 0 spiro atoms. The molecule has 2 aromatic carbocycles. The highest BCUT2D eigenvalue weighted by Gasteiger charge is 2.27. The summed E-state index contributed by atoms with van der Waals surface area (Å²) in [4.78, 5) is 25.2. The maximum Gasteiger partial charge on any atom is 0.315 e. The number of nitrogens with two attached hydrogens (primary N) is 1. The molecule has 0 aliphatic carbocycles. The minimum atomic E-state index is -0.494. The molecular formula is C18H17N5O2. The lowest BCUT2D eigenvalue weighted by molar-refractivity contribution is -0.115. The number of rotatable bonds is 3. The molecule has 2 heterocycles. The summed E-state index contributed by atoms with van der Waals surface area (Å²) in [5, 5.41) is 12.0. The maximum atomic E-state index is 12.5. The van der Waals surface area contributed by atoms with Gasteiger partial charge in [-0.05, 0) is 16.3 Å². The van der Waals surface area contributed by atoms with E-state index in [1.807, 2.05) is 42.5 Å². The van der Waals surface area contributed by atoms with Crippen LogP contribution in [0.15, 0.2) is 42.5 Å². The van der Waals surface area contributed by atoms with Gasteiger partial charge in [-0.25, -0.2) is 4.79 Å². The van der Waals surface area contributed by atoms with Crippen LogP contribution in [0.4, 0.5) is 10.6 Å². The number of H-pyrrole nitrogens is 1. The van der Waals surface area contributed by atoms with Gasteiger partial charge in [-0.2, -0.15) is 5.10 Å². The molecule has 3 aromatic rings. The Morgan fingerprint density at radius 3 is 2.80 bits per heavy atom. The summed E-state index contributed by atoms with van der Waals surface area (Å²) in [7, 11) is 0. The first kappa shape index (κ1) is 15.2. The highest BCUT2D eigenvalue weighted by Crippen LogP contribution is 2.27. The molecule has 1 aliphatic heterocycles. The van der Waals surface area contributed by atoms with E-state index in [2.05, 4.69) is 15.5 Å². The van der Waals surface area contributed by atoms with Crippen molar-refractivity contribution in [1.29, 1.82) is 0 Å². The van der Waals surface area contributed by atoms with Crippen LogP contribution < -0.4 is 11.1 Å². The average Bonchev–Trinajstić information content (AvgIpc) is 3.17. The largest absolute Gasteiger partial charge is 0.351 e. The van der Waals surface area contributed by atoms with E-state index in [1.165, 1.54) is 4.90 Å². The van der Waals surface area contributed by atoms with Crippen LogP contribution in [0.5, 0.6) is 0 Å². The third-order valence-electron chi connectivity index (χ3n) is 4.45. The maximum absolute atomic E-state index is 12.5. The van der Waals surface area contributed by atoms with Crippen molar-refractivity contribution < 1.29 is 9.59 Å². The Morgan fingerprint density at radius 2 is 1.96 bits per heavy atom. The Hall–Kier alpha value is -3.35. The van der Waals surface area contributed by atoms with Gasteiger partial charge in [0.2, 0.25) is 5.91 Å². The second-order valence-electron chi connectivity index (χ2n) is 6.08. The minimum Gasteiger partial charge on any atom is -0.351 e. The Morgan fingerprint density at radius 1 is 1.16 bits per heavy atom. The van der Waals surface area contributed by atoms with Gasteiger partial charge in [0.05, 0.1) is 25.2 Å². The van der Waals surface area contributed by atoms with Gasteiger partial charge in [0, 0.05) is 5.56 Å². The van der Waals surface area contributed by atoms with Crippen LogP contribution in [0.1, 0.15) is 16.8 Å². The number of fused-ring (bicyclic) bond motifs is 2. The summed E-state index contributed by atoms with van der Waals surface area (Å²) in [6.07, 6.45) is 0.259. The standard InChI is InChI=1S/C18H17N5O2/c19-18(25)23-9-14-15(10-23)21-22-17(14)20-16(24)8-12-6-3-5-11-4-1-2-7-13(11)12/h1-7H,8-10H2,(H2,19,25)(H2,20,21,22,24). The van der Waals surface area contributed by atoms with Crippen molar-refractivity contribution in [3.8, 4) is 0 Å². The molecule has 3 amide bonds. The Labute approximate surface area is 143 Å². The SMILES string of the molecule is NC(=O)N1Cc2n[nH]c(NC(=O)Cc3cccc4ccccc34)c2C1. The number of benzene rings is 2. The normalized spacial score (nSPS) is 13.0. The van der Waals surface area contributed by atoms with Gasteiger partial charge in [0.1, 0.15) is 5.82 Å². The molecule has 7 heteroatoms. The Bertz CT molecular complexity index is 973. The number of primary amides is 1. The van der Waals surface area contributed by atoms with E-state index in [0.29, 0.717) is 18.9 Å². The fraction of sp³-hybridized carbons (Fsp3) is 0.167. The molecule has 1 aliphatic rings. The topological polar surface area (TPSA) is 104 Å². The van der Waals surface area contributed by atoms with E-state index in [0.717, 1.165) is 27.6 Å². The fourth-order valence-electron chi connectivity index (χ4n) is 3.19. The monoisotopic (exact) mass is 335 g/mol. The van der Waals surface area contributed by atoms with Crippen LogP contribution in [0.25, 0.3) is 10.8 Å². The molecule has 126 valence electrons. The lowest BCUT2D eigenvalue weighted by atomic mass is 10.0. The number of nitrogens with one attached hydrogen (secondary N) is 2. The molecule has 4 N–H and O–H groups in total. The number of hydrogen-bond acceptors (Lipinski definition) is 3. The molecule has 0 radical (unpaired) electrons. The number of nitrogens with zero attached hydrogens (tertiary/aromatic N) is 2. The van der Waals surface area contributed by atoms with Crippen molar-refractivity contribution in [2.24, 2.45) is 5.73 Å².